The van der Waals surface area contributed by atoms with E-state index in [9.17, 15) is 0 Å². The van der Waals surface area contributed by atoms with Gasteiger partial charge in [0, 0.05) is 12.1 Å². The molecule has 1 aliphatic heterocycles. The molecule has 0 aliphatic carbocycles. The molecule has 0 saturated heterocycles. The summed E-state index contributed by atoms with van der Waals surface area (Å²) in [6.45, 7) is 6.76. The van der Waals surface area contributed by atoms with Crippen LogP contribution in [-0.2, 0) is 0 Å². The van der Waals surface area contributed by atoms with Gasteiger partial charge in [0.1, 0.15) is 0 Å². The Labute approximate surface area is 85.0 Å². The molecule has 1 atom stereocenters. The number of hydrogen-bond acceptors (Lipinski definition) is 3. The van der Waals surface area contributed by atoms with Crippen molar-refractivity contribution in [2.75, 3.05) is 6.54 Å². The predicted octanol–water partition coefficient (Wildman–Crippen LogP) is 2.34. The maximum atomic E-state index is 7.61. The van der Waals surface area contributed by atoms with E-state index < -0.39 is 0 Å². The smallest absolute Gasteiger partial charge is 0.0997 e. The molecule has 0 spiro atoms. The molecule has 78 valence electrons. The molecular formula is C10H18N4. The van der Waals surface area contributed by atoms with Gasteiger partial charge in [0.05, 0.1) is 18.4 Å². The number of nitrogens with zero attached hydrogens (tertiary/aromatic N) is 2. The van der Waals surface area contributed by atoms with Crippen LogP contribution in [0.15, 0.2) is 22.0 Å². The Morgan fingerprint density at radius 2 is 2.43 bits per heavy atom. The van der Waals surface area contributed by atoms with E-state index in [4.69, 9.17) is 5.41 Å². The molecule has 0 aromatic carbocycles. The molecule has 4 heteroatoms. The fraction of sp³-hybridized carbons (Fsp3) is 0.700. The maximum Gasteiger partial charge on any atom is 0.0997 e. The Morgan fingerprint density at radius 3 is 3.00 bits per heavy atom. The first-order chi connectivity index (χ1) is 6.65. The average Bonchev–Trinajstić information content (AvgIpc) is 2.60. The minimum Gasteiger partial charge on any atom is -0.350 e. The molecule has 14 heavy (non-hydrogen) atoms. The van der Waals surface area contributed by atoms with Gasteiger partial charge in [-0.2, -0.15) is 10.2 Å². The highest BCUT2D eigenvalue weighted by Gasteiger charge is 2.16. The molecule has 1 aliphatic rings. The van der Waals surface area contributed by atoms with E-state index in [0.717, 1.165) is 6.42 Å². The fourth-order valence-electron chi connectivity index (χ4n) is 1.22. The second kappa shape index (κ2) is 4.88. The highest BCUT2D eigenvalue weighted by molar-refractivity contribution is 5.81. The van der Waals surface area contributed by atoms with Crippen LogP contribution in [0.1, 0.15) is 27.2 Å². The highest BCUT2D eigenvalue weighted by atomic mass is 15.2. The van der Waals surface area contributed by atoms with Crippen LogP contribution in [0.4, 0.5) is 0 Å². The molecule has 0 aromatic rings. The van der Waals surface area contributed by atoms with Gasteiger partial charge in [0.15, 0.2) is 0 Å². The molecule has 0 fully saturated rings. The number of azo groups is 1. The fourth-order valence-corrected chi connectivity index (χ4v) is 1.22. The monoisotopic (exact) mass is 194 g/mol. The average molecular weight is 194 g/mol. The van der Waals surface area contributed by atoms with Gasteiger partial charge in [0.25, 0.3) is 0 Å². The highest BCUT2D eigenvalue weighted by Crippen LogP contribution is 2.17. The molecule has 0 amide bonds. The first-order valence-corrected chi connectivity index (χ1v) is 5.05. The van der Waals surface area contributed by atoms with E-state index >= 15 is 0 Å². The van der Waals surface area contributed by atoms with Crippen molar-refractivity contribution in [2.24, 2.45) is 16.1 Å². The predicted molar refractivity (Wildman–Crippen MR) is 57.6 cm³/mol. The molecule has 0 saturated carbocycles. The molecule has 1 rings (SSSR count). The normalized spacial score (nSPS) is 23.4. The van der Waals surface area contributed by atoms with Crippen molar-refractivity contribution < 1.29 is 0 Å². The number of amidine groups is 1. The molecule has 1 unspecified atom stereocenters. The third-order valence-electron chi connectivity index (χ3n) is 2.28. The van der Waals surface area contributed by atoms with Crippen molar-refractivity contribution in [3.63, 3.8) is 0 Å². The summed E-state index contributed by atoms with van der Waals surface area (Å²) < 4.78 is 0. The van der Waals surface area contributed by atoms with E-state index in [-0.39, 0.29) is 12.0 Å². The van der Waals surface area contributed by atoms with E-state index in [1.54, 1.807) is 0 Å². The van der Waals surface area contributed by atoms with E-state index in [1.807, 2.05) is 20.0 Å². The van der Waals surface area contributed by atoms with Crippen molar-refractivity contribution in [1.82, 2.24) is 5.32 Å². The Bertz CT molecular complexity index is 265. The van der Waals surface area contributed by atoms with Crippen molar-refractivity contribution in [3.05, 3.63) is 11.8 Å². The Balaban J connectivity index is 2.49. The molecule has 0 bridgehead atoms. The molecule has 4 nitrogen and oxygen atoms in total. The van der Waals surface area contributed by atoms with Crippen LogP contribution in [-0.4, -0.2) is 18.4 Å². The number of rotatable bonds is 3. The Morgan fingerprint density at radius 1 is 1.71 bits per heavy atom. The van der Waals surface area contributed by atoms with Gasteiger partial charge in [-0.1, -0.05) is 20.8 Å². The third-order valence-corrected chi connectivity index (χ3v) is 2.28. The van der Waals surface area contributed by atoms with Gasteiger partial charge >= 0.3 is 0 Å². The second-order valence-electron chi connectivity index (χ2n) is 3.77. The summed E-state index contributed by atoms with van der Waals surface area (Å²) in [5.74, 6) is 0.779. The summed E-state index contributed by atoms with van der Waals surface area (Å²) in [5.41, 5.74) is 1.18. The SMILES string of the molecule is CCC1N=NC/C1=C/NC(=N)C(C)C. The molecule has 0 radical (unpaired) electrons. The lowest BCUT2D eigenvalue weighted by molar-refractivity contribution is 0.748. The minimum absolute atomic E-state index is 0.225. The summed E-state index contributed by atoms with van der Waals surface area (Å²) in [4.78, 5) is 0. The standard InChI is InChI=1S/C10H18N4/c1-4-9-8(6-13-14-9)5-12-10(11)7(2)3/h5,7,9H,4,6H2,1-3H3,(H2,11,12)/b8-5-. The summed E-state index contributed by atoms with van der Waals surface area (Å²) in [6, 6.07) is 0.225. The summed E-state index contributed by atoms with van der Waals surface area (Å²) in [6.07, 6.45) is 2.86. The first kappa shape index (κ1) is 10.9. The first-order valence-electron chi connectivity index (χ1n) is 5.05. The number of nitrogens with one attached hydrogen (secondary N) is 2. The minimum atomic E-state index is 0.225. The quantitative estimate of drug-likeness (QED) is 0.525. The van der Waals surface area contributed by atoms with Crippen LogP contribution in [0.5, 0.6) is 0 Å². The van der Waals surface area contributed by atoms with Crippen molar-refractivity contribution >= 4 is 5.84 Å². The zero-order chi connectivity index (χ0) is 10.6. The lowest BCUT2D eigenvalue weighted by Crippen LogP contribution is -2.23. The zero-order valence-corrected chi connectivity index (χ0v) is 9.04. The van der Waals surface area contributed by atoms with Crippen molar-refractivity contribution in [3.8, 4) is 0 Å². The van der Waals surface area contributed by atoms with Gasteiger partial charge in [-0.25, -0.2) is 0 Å². The molecule has 2 N–H and O–H groups in total. The van der Waals surface area contributed by atoms with Gasteiger partial charge in [-0.3, -0.25) is 5.41 Å². The van der Waals surface area contributed by atoms with Gasteiger partial charge < -0.3 is 5.32 Å². The van der Waals surface area contributed by atoms with Crippen molar-refractivity contribution in [1.29, 1.82) is 5.41 Å². The van der Waals surface area contributed by atoms with Crippen LogP contribution in [0, 0.1) is 11.3 Å². The second-order valence-corrected chi connectivity index (χ2v) is 3.77. The Hall–Kier alpha value is -1.19. The lowest BCUT2D eigenvalue weighted by Gasteiger charge is -2.09. The van der Waals surface area contributed by atoms with Crippen LogP contribution in [0.2, 0.25) is 0 Å². The summed E-state index contributed by atoms with van der Waals surface area (Å²) >= 11 is 0. The van der Waals surface area contributed by atoms with Gasteiger partial charge in [-0.05, 0) is 12.0 Å². The zero-order valence-electron chi connectivity index (χ0n) is 9.04. The maximum absolute atomic E-state index is 7.61. The van der Waals surface area contributed by atoms with Crippen LogP contribution >= 0.6 is 0 Å². The van der Waals surface area contributed by atoms with Gasteiger partial charge in [-0.15, -0.1) is 0 Å². The third kappa shape index (κ3) is 2.65. The van der Waals surface area contributed by atoms with Crippen LogP contribution in [0.25, 0.3) is 0 Å². The van der Waals surface area contributed by atoms with Crippen LogP contribution in [0.3, 0.4) is 0 Å². The van der Waals surface area contributed by atoms with Gasteiger partial charge in [0.2, 0.25) is 0 Å². The lowest BCUT2D eigenvalue weighted by atomic mass is 10.1. The molecule has 1 heterocycles. The summed E-state index contributed by atoms with van der Waals surface area (Å²) in [5, 5.41) is 18.7. The topological polar surface area (TPSA) is 60.6 Å². The molecular weight excluding hydrogens is 176 g/mol. The Kier molecular flexibility index (Phi) is 3.80. The van der Waals surface area contributed by atoms with E-state index in [0.29, 0.717) is 12.4 Å². The molecule has 0 aromatic heterocycles. The van der Waals surface area contributed by atoms with E-state index in [2.05, 4.69) is 22.5 Å². The largest absolute Gasteiger partial charge is 0.350 e. The number of hydrogen-bond donors (Lipinski definition) is 2. The summed E-state index contributed by atoms with van der Waals surface area (Å²) in [7, 11) is 0. The van der Waals surface area contributed by atoms with Crippen LogP contribution < -0.4 is 5.32 Å². The van der Waals surface area contributed by atoms with E-state index in [1.165, 1.54) is 5.57 Å². The van der Waals surface area contributed by atoms with Crippen molar-refractivity contribution in [2.45, 2.75) is 33.2 Å².